The lowest BCUT2D eigenvalue weighted by molar-refractivity contribution is 0.100. The molecule has 0 aliphatic rings. The minimum absolute atomic E-state index is 0.392. The molecule has 0 saturated heterocycles. The highest BCUT2D eigenvalue weighted by Gasteiger charge is 2.16. The first-order valence-corrected chi connectivity index (χ1v) is 7.14. The molecule has 0 aliphatic heterocycles. The number of carbonyl (C=O) groups is 1. The number of carbonyl (C=O) groups excluding carboxylic acids is 1. The van der Waals surface area contributed by atoms with Crippen molar-refractivity contribution in [3.63, 3.8) is 0 Å². The van der Waals surface area contributed by atoms with Gasteiger partial charge in [0.2, 0.25) is 5.78 Å². The van der Waals surface area contributed by atoms with Gasteiger partial charge in [0.15, 0.2) is 5.83 Å². The van der Waals surface area contributed by atoms with Crippen LogP contribution in [0.2, 0.25) is 0 Å². The molecular formula is C12H13FOS2. The summed E-state index contributed by atoms with van der Waals surface area (Å²) in [4.78, 5) is 11.8. The van der Waals surface area contributed by atoms with Gasteiger partial charge >= 0.3 is 0 Å². The number of hydrogen-bond donors (Lipinski definition) is 0. The van der Waals surface area contributed by atoms with Crippen molar-refractivity contribution in [2.45, 2.75) is 6.92 Å². The molecule has 0 radical (unpaired) electrons. The first-order chi connectivity index (χ1) is 7.60. The highest BCUT2D eigenvalue weighted by Crippen LogP contribution is 2.29. The van der Waals surface area contributed by atoms with Gasteiger partial charge in [-0.05, 0) is 19.4 Å². The number of Topliss-reactive ketones (excluding diaryl/α,β-unsaturated/α-hetero) is 1. The maximum Gasteiger partial charge on any atom is 0.223 e. The van der Waals surface area contributed by atoms with Gasteiger partial charge in [-0.1, -0.05) is 29.8 Å². The van der Waals surface area contributed by atoms with Gasteiger partial charge in [-0.25, -0.2) is 4.39 Å². The highest BCUT2D eigenvalue weighted by molar-refractivity contribution is 8.21. The summed E-state index contributed by atoms with van der Waals surface area (Å²) in [5.41, 5.74) is 1.44. The lowest BCUT2D eigenvalue weighted by atomic mass is 10.1. The summed E-state index contributed by atoms with van der Waals surface area (Å²) in [7, 11) is 0. The molecule has 4 heteroatoms. The van der Waals surface area contributed by atoms with Crippen LogP contribution in [0.1, 0.15) is 15.9 Å². The smallest absolute Gasteiger partial charge is 0.223 e. The monoisotopic (exact) mass is 256 g/mol. The van der Waals surface area contributed by atoms with E-state index in [2.05, 4.69) is 0 Å². The van der Waals surface area contributed by atoms with Crippen LogP contribution in [-0.4, -0.2) is 18.3 Å². The fourth-order valence-corrected chi connectivity index (χ4v) is 2.40. The van der Waals surface area contributed by atoms with Crippen molar-refractivity contribution in [1.29, 1.82) is 0 Å². The Kier molecular flexibility index (Phi) is 5.09. The molecule has 0 bridgehead atoms. The molecule has 1 aromatic rings. The maximum atomic E-state index is 13.7. The molecule has 86 valence electrons. The number of benzene rings is 1. The Balaban J connectivity index is 3.02. The maximum absolute atomic E-state index is 13.7. The van der Waals surface area contributed by atoms with E-state index in [1.807, 2.05) is 6.92 Å². The van der Waals surface area contributed by atoms with E-state index >= 15 is 0 Å². The Hall–Kier alpha value is -0.740. The second-order valence-electron chi connectivity index (χ2n) is 3.20. The van der Waals surface area contributed by atoms with Crippen LogP contribution in [0.5, 0.6) is 0 Å². The number of aryl methyl sites for hydroxylation is 1. The SMILES string of the molecule is CSC(SC)=C(F)C(=O)c1ccc(C)cc1. The van der Waals surface area contributed by atoms with E-state index in [-0.39, 0.29) is 0 Å². The van der Waals surface area contributed by atoms with Crippen LogP contribution in [0.3, 0.4) is 0 Å². The predicted octanol–water partition coefficient (Wildman–Crippen LogP) is 4.04. The van der Waals surface area contributed by atoms with Gasteiger partial charge in [-0.2, -0.15) is 0 Å². The van der Waals surface area contributed by atoms with Gasteiger partial charge in [-0.15, -0.1) is 23.5 Å². The molecular weight excluding hydrogens is 243 g/mol. The topological polar surface area (TPSA) is 17.1 Å². The Bertz CT molecular complexity index is 404. The zero-order valence-electron chi connectivity index (χ0n) is 9.41. The molecule has 0 aromatic heterocycles. The average molecular weight is 256 g/mol. The van der Waals surface area contributed by atoms with Crippen molar-refractivity contribution in [3.8, 4) is 0 Å². The molecule has 0 atom stereocenters. The van der Waals surface area contributed by atoms with E-state index in [0.717, 1.165) is 5.56 Å². The van der Waals surface area contributed by atoms with Gasteiger partial charge in [0.25, 0.3) is 0 Å². The van der Waals surface area contributed by atoms with Crippen molar-refractivity contribution >= 4 is 29.3 Å². The minimum atomic E-state index is -0.663. The summed E-state index contributed by atoms with van der Waals surface area (Å²) < 4.78 is 14.2. The van der Waals surface area contributed by atoms with Crippen molar-refractivity contribution < 1.29 is 9.18 Å². The number of ketones is 1. The first-order valence-electron chi connectivity index (χ1n) is 4.69. The Morgan fingerprint density at radius 1 is 1.12 bits per heavy atom. The fraction of sp³-hybridized carbons (Fsp3) is 0.250. The third kappa shape index (κ3) is 3.12. The number of thioether (sulfide) groups is 2. The summed E-state index contributed by atoms with van der Waals surface area (Å²) in [6.07, 6.45) is 3.52. The first kappa shape index (κ1) is 13.3. The molecule has 0 N–H and O–H groups in total. The fourth-order valence-electron chi connectivity index (χ4n) is 1.19. The zero-order chi connectivity index (χ0) is 12.1. The highest BCUT2D eigenvalue weighted by atomic mass is 32.2. The standard InChI is InChI=1S/C12H13FOS2/c1-8-4-6-9(7-5-8)11(14)10(13)12(15-2)16-3/h4-7H,1-3H3. The number of rotatable bonds is 4. The zero-order valence-corrected chi connectivity index (χ0v) is 11.0. The van der Waals surface area contributed by atoms with E-state index in [1.54, 1.807) is 36.8 Å². The molecule has 0 saturated carbocycles. The summed E-state index contributed by atoms with van der Waals surface area (Å²) in [5, 5.41) is 0. The van der Waals surface area contributed by atoms with E-state index in [0.29, 0.717) is 9.80 Å². The largest absolute Gasteiger partial charge is 0.286 e. The van der Waals surface area contributed by atoms with Crippen molar-refractivity contribution in [1.82, 2.24) is 0 Å². The van der Waals surface area contributed by atoms with E-state index in [4.69, 9.17) is 0 Å². The van der Waals surface area contributed by atoms with Gasteiger partial charge in [0.05, 0.1) is 4.24 Å². The quantitative estimate of drug-likeness (QED) is 0.598. The summed E-state index contributed by atoms with van der Waals surface area (Å²) >= 11 is 2.50. The van der Waals surface area contributed by atoms with Crippen molar-refractivity contribution in [2.75, 3.05) is 12.5 Å². The molecule has 1 aromatic carbocycles. The molecule has 0 fully saturated rings. The molecule has 0 spiro atoms. The van der Waals surface area contributed by atoms with E-state index in [1.165, 1.54) is 23.5 Å². The predicted molar refractivity (Wildman–Crippen MR) is 70.7 cm³/mol. The van der Waals surface area contributed by atoms with Crippen LogP contribution < -0.4 is 0 Å². The molecule has 1 nitrogen and oxygen atoms in total. The van der Waals surface area contributed by atoms with Gasteiger partial charge in [0.1, 0.15) is 0 Å². The summed E-state index contributed by atoms with van der Waals surface area (Å²) in [6, 6.07) is 6.90. The minimum Gasteiger partial charge on any atom is -0.286 e. The van der Waals surface area contributed by atoms with Crippen molar-refractivity contribution in [2.24, 2.45) is 0 Å². The van der Waals surface area contributed by atoms with Crippen LogP contribution in [0.25, 0.3) is 0 Å². The second-order valence-corrected chi connectivity index (χ2v) is 5.10. The lowest BCUT2D eigenvalue weighted by Crippen LogP contribution is -2.00. The van der Waals surface area contributed by atoms with E-state index < -0.39 is 11.6 Å². The third-order valence-electron chi connectivity index (χ3n) is 2.06. The van der Waals surface area contributed by atoms with Crippen LogP contribution in [-0.2, 0) is 0 Å². The van der Waals surface area contributed by atoms with Gasteiger partial charge in [-0.3, -0.25) is 4.79 Å². The van der Waals surface area contributed by atoms with Gasteiger partial charge < -0.3 is 0 Å². The molecule has 0 aliphatic carbocycles. The molecule has 0 amide bonds. The van der Waals surface area contributed by atoms with Crippen LogP contribution in [0, 0.1) is 6.92 Å². The molecule has 1 rings (SSSR count). The van der Waals surface area contributed by atoms with Crippen LogP contribution in [0.4, 0.5) is 4.39 Å². The van der Waals surface area contributed by atoms with Crippen LogP contribution in [0.15, 0.2) is 34.3 Å². The second kappa shape index (κ2) is 6.11. The molecule has 0 unspecified atom stereocenters. The number of halogens is 1. The van der Waals surface area contributed by atoms with Gasteiger partial charge in [0, 0.05) is 5.56 Å². The summed E-state index contributed by atoms with van der Waals surface area (Å²) in [6.45, 7) is 1.93. The molecule has 0 heterocycles. The Morgan fingerprint density at radius 2 is 1.62 bits per heavy atom. The number of allylic oxidation sites excluding steroid dienone is 1. The van der Waals surface area contributed by atoms with E-state index in [9.17, 15) is 9.18 Å². The number of hydrogen-bond acceptors (Lipinski definition) is 3. The third-order valence-corrected chi connectivity index (χ3v) is 4.16. The summed E-state index contributed by atoms with van der Waals surface area (Å²) in [5.74, 6) is -1.21. The van der Waals surface area contributed by atoms with Crippen molar-refractivity contribution in [3.05, 3.63) is 45.5 Å². The van der Waals surface area contributed by atoms with Crippen LogP contribution >= 0.6 is 23.5 Å². The normalized spacial score (nSPS) is 10.0. The Morgan fingerprint density at radius 3 is 2.06 bits per heavy atom. The Labute approximate surface area is 104 Å². The molecule has 16 heavy (non-hydrogen) atoms. The lowest BCUT2D eigenvalue weighted by Gasteiger charge is -2.03. The average Bonchev–Trinajstić information content (AvgIpc) is 2.30.